The predicted molar refractivity (Wildman–Crippen MR) is 79.5 cm³/mol. The Balaban J connectivity index is 1.98. The Morgan fingerprint density at radius 3 is 2.74 bits per heavy atom. The van der Waals surface area contributed by atoms with Gasteiger partial charge in [-0.3, -0.25) is 14.6 Å². The second-order valence-electron chi connectivity index (χ2n) is 5.62. The van der Waals surface area contributed by atoms with Crippen LogP contribution < -0.4 is 10.7 Å². The fourth-order valence-corrected chi connectivity index (χ4v) is 3.15. The lowest BCUT2D eigenvalue weighted by Gasteiger charge is -2.25. The maximum Gasteiger partial charge on any atom is 0.340 e. The topological polar surface area (TPSA) is 106 Å². The summed E-state index contributed by atoms with van der Waals surface area (Å²) in [6, 6.07) is 2.11. The van der Waals surface area contributed by atoms with Crippen molar-refractivity contribution in [2.75, 3.05) is 5.01 Å². The number of fused-ring (bicyclic) bond motifs is 1. The zero-order valence-electron chi connectivity index (χ0n) is 12.2. The molecule has 1 heterocycles. The highest BCUT2D eigenvalue weighted by molar-refractivity contribution is 6.70. The summed E-state index contributed by atoms with van der Waals surface area (Å²) in [6.45, 7) is 0. The molecule has 3 rings (SSSR count). The molecule has 2 saturated carbocycles. The van der Waals surface area contributed by atoms with Gasteiger partial charge in [-0.05, 0) is 31.4 Å². The number of nitrogens with two attached hydrogens (primary N) is 1. The van der Waals surface area contributed by atoms with E-state index in [0.717, 1.165) is 5.01 Å². The van der Waals surface area contributed by atoms with Crippen molar-refractivity contribution in [3.63, 3.8) is 0 Å². The number of urea groups is 1. The molecule has 8 heteroatoms. The minimum absolute atomic E-state index is 0.222. The van der Waals surface area contributed by atoms with Crippen molar-refractivity contribution in [1.82, 2.24) is 4.98 Å². The number of halogens is 1. The van der Waals surface area contributed by atoms with E-state index in [0.29, 0.717) is 12.8 Å². The lowest BCUT2D eigenvalue weighted by atomic mass is 9.80. The van der Waals surface area contributed by atoms with Gasteiger partial charge in [-0.15, -0.1) is 0 Å². The highest BCUT2D eigenvalue weighted by atomic mass is 19.1. The first-order valence-electron chi connectivity index (χ1n) is 7.31. The second-order valence-corrected chi connectivity index (χ2v) is 5.62. The van der Waals surface area contributed by atoms with Gasteiger partial charge in [0.1, 0.15) is 6.17 Å². The summed E-state index contributed by atoms with van der Waals surface area (Å²) in [4.78, 5) is 40.2. The Morgan fingerprint density at radius 1 is 1.35 bits per heavy atom. The van der Waals surface area contributed by atoms with Crippen molar-refractivity contribution in [1.29, 1.82) is 0 Å². The quantitative estimate of drug-likeness (QED) is 0.828. The number of aromatic nitrogens is 1. The van der Waals surface area contributed by atoms with Crippen LogP contribution in [0, 0.1) is 11.8 Å². The molecule has 23 heavy (non-hydrogen) atoms. The van der Waals surface area contributed by atoms with Crippen LogP contribution in [0.1, 0.15) is 19.3 Å². The molecular formula is C15H15FN4O3. The third-order valence-electron chi connectivity index (χ3n) is 4.22. The number of anilines is 1. The van der Waals surface area contributed by atoms with Crippen molar-refractivity contribution in [3.05, 3.63) is 24.5 Å². The Labute approximate surface area is 131 Å². The fourth-order valence-electron chi connectivity index (χ4n) is 3.15. The normalized spacial score (nSPS) is 28.7. The van der Waals surface area contributed by atoms with Crippen LogP contribution in [0.3, 0.4) is 0 Å². The lowest BCUT2D eigenvalue weighted by Crippen LogP contribution is -2.34. The lowest BCUT2D eigenvalue weighted by molar-refractivity contribution is -0.123. The number of hydrazone groups is 1. The molecule has 2 amide bonds. The van der Waals surface area contributed by atoms with E-state index in [2.05, 4.69) is 10.1 Å². The fraction of sp³-hybridized carbons (Fsp3) is 0.400. The summed E-state index contributed by atoms with van der Waals surface area (Å²) in [7, 11) is 0. The van der Waals surface area contributed by atoms with Gasteiger partial charge in [-0.25, -0.2) is 9.18 Å². The van der Waals surface area contributed by atoms with Crippen molar-refractivity contribution in [3.8, 4) is 0 Å². The molecule has 120 valence electrons. The first-order valence-corrected chi connectivity index (χ1v) is 7.31. The van der Waals surface area contributed by atoms with Crippen LogP contribution in [-0.2, 0) is 9.59 Å². The van der Waals surface area contributed by atoms with E-state index in [9.17, 15) is 18.8 Å². The van der Waals surface area contributed by atoms with E-state index < -0.39 is 41.3 Å². The van der Waals surface area contributed by atoms with Crippen molar-refractivity contribution in [2.24, 2.45) is 22.7 Å². The number of rotatable bonds is 2. The van der Waals surface area contributed by atoms with E-state index in [1.54, 1.807) is 6.07 Å². The molecule has 0 bridgehead atoms. The average molecular weight is 318 g/mol. The molecule has 2 N–H and O–H groups in total. The van der Waals surface area contributed by atoms with Crippen LogP contribution in [-0.4, -0.2) is 34.5 Å². The molecule has 0 spiro atoms. The van der Waals surface area contributed by atoms with E-state index in [1.165, 1.54) is 18.5 Å². The third-order valence-corrected chi connectivity index (χ3v) is 4.22. The second kappa shape index (κ2) is 5.86. The first-order chi connectivity index (χ1) is 11.0. The maximum absolute atomic E-state index is 14.0. The minimum Gasteiger partial charge on any atom is -0.350 e. The van der Waals surface area contributed by atoms with E-state index in [4.69, 9.17) is 5.73 Å². The number of Topliss-reactive ketones (excluding diaryl/α,β-unsaturated/α-hetero) is 2. The Bertz CT molecular complexity index is 691. The number of nitrogens with zero attached hydrogens (tertiary/aromatic N) is 3. The zero-order chi connectivity index (χ0) is 16.6. The highest BCUT2D eigenvalue weighted by Crippen LogP contribution is 2.39. The molecule has 2 fully saturated rings. The van der Waals surface area contributed by atoms with E-state index in [-0.39, 0.29) is 12.1 Å². The van der Waals surface area contributed by atoms with Crippen LogP contribution in [0.4, 0.5) is 14.9 Å². The van der Waals surface area contributed by atoms with Crippen LogP contribution in [0.5, 0.6) is 0 Å². The molecule has 0 aliphatic heterocycles. The molecule has 1 aromatic rings. The number of ketones is 2. The molecule has 0 radical (unpaired) electrons. The van der Waals surface area contributed by atoms with Gasteiger partial charge in [0.25, 0.3) is 0 Å². The van der Waals surface area contributed by atoms with Crippen LogP contribution in [0.2, 0.25) is 0 Å². The van der Waals surface area contributed by atoms with Gasteiger partial charge in [-0.1, -0.05) is 0 Å². The standard InChI is InChI=1S/C15H15FN4O3/c16-10-5-1-4-9-11(10)14(22)12(13(9)21)19-20(15(17)23)8-3-2-6-18-7-8/h2-3,6-7,9-11H,1,4-5H2,(H2,17,23)/b19-12-. The number of pyridine rings is 1. The number of carbonyl (C=O) groups excluding carboxylic acids is 3. The predicted octanol–water partition coefficient (Wildman–Crippen LogP) is 1.23. The molecule has 2 aliphatic carbocycles. The number of alkyl halides is 1. The van der Waals surface area contributed by atoms with Crippen molar-refractivity contribution in [2.45, 2.75) is 25.4 Å². The third kappa shape index (κ3) is 2.60. The maximum atomic E-state index is 14.0. The zero-order valence-corrected chi connectivity index (χ0v) is 12.2. The van der Waals surface area contributed by atoms with E-state index >= 15 is 0 Å². The molecule has 2 aliphatic rings. The Hall–Kier alpha value is -2.64. The summed E-state index contributed by atoms with van der Waals surface area (Å²) in [6.07, 6.45) is 2.73. The molecule has 0 aromatic carbocycles. The average Bonchev–Trinajstić information content (AvgIpc) is 2.78. The van der Waals surface area contributed by atoms with Gasteiger partial charge in [-0.2, -0.15) is 10.1 Å². The Morgan fingerprint density at radius 2 is 2.13 bits per heavy atom. The van der Waals surface area contributed by atoms with Crippen LogP contribution in [0.15, 0.2) is 29.6 Å². The largest absolute Gasteiger partial charge is 0.350 e. The summed E-state index contributed by atoms with van der Waals surface area (Å²) >= 11 is 0. The van der Waals surface area contributed by atoms with Gasteiger partial charge in [0, 0.05) is 12.1 Å². The summed E-state index contributed by atoms with van der Waals surface area (Å²) in [5, 5.41) is 4.57. The molecule has 3 atom stereocenters. The van der Waals surface area contributed by atoms with Gasteiger partial charge >= 0.3 is 6.03 Å². The number of primary amides is 1. The molecule has 0 saturated heterocycles. The highest BCUT2D eigenvalue weighted by Gasteiger charge is 2.52. The minimum atomic E-state index is -1.35. The van der Waals surface area contributed by atoms with E-state index in [1.807, 2.05) is 0 Å². The summed E-state index contributed by atoms with van der Waals surface area (Å²) in [5.74, 6) is -2.84. The van der Waals surface area contributed by atoms with Gasteiger partial charge in [0.15, 0.2) is 17.3 Å². The van der Waals surface area contributed by atoms with Gasteiger partial charge in [0.2, 0.25) is 0 Å². The number of hydrogen-bond donors (Lipinski definition) is 1. The van der Waals surface area contributed by atoms with Crippen LogP contribution in [0.25, 0.3) is 0 Å². The van der Waals surface area contributed by atoms with Gasteiger partial charge < -0.3 is 5.73 Å². The van der Waals surface area contributed by atoms with Crippen molar-refractivity contribution >= 4 is 29.0 Å². The molecule has 7 nitrogen and oxygen atoms in total. The molecular weight excluding hydrogens is 303 g/mol. The molecule has 3 unspecified atom stereocenters. The smallest absolute Gasteiger partial charge is 0.340 e. The number of hydrogen-bond acceptors (Lipinski definition) is 5. The summed E-state index contributed by atoms with van der Waals surface area (Å²) < 4.78 is 14.0. The molecule has 1 aromatic heterocycles. The number of amides is 2. The number of carbonyl (C=O) groups is 3. The first kappa shape index (κ1) is 15.3. The summed E-state index contributed by atoms with van der Waals surface area (Å²) in [5.41, 5.74) is 5.08. The Kier molecular flexibility index (Phi) is 3.89. The van der Waals surface area contributed by atoms with Crippen LogP contribution >= 0.6 is 0 Å². The monoisotopic (exact) mass is 318 g/mol. The van der Waals surface area contributed by atoms with Gasteiger partial charge in [0.05, 0.1) is 17.8 Å². The van der Waals surface area contributed by atoms with Crippen molar-refractivity contribution < 1.29 is 18.8 Å². The SMILES string of the molecule is NC(=O)N(/N=C1/C(=O)C2CCCC(F)C2C1=O)c1cccnc1.